The molecule has 0 saturated heterocycles. The Morgan fingerprint density at radius 2 is 0.825 bits per heavy atom. The van der Waals surface area contributed by atoms with Crippen LogP contribution in [0.25, 0.3) is 123 Å². The predicted molar refractivity (Wildman–Crippen MR) is 254 cm³/mol. The third-order valence-electron chi connectivity index (χ3n) is 11.6. The quantitative estimate of drug-likeness (QED) is 0.158. The molecule has 0 unspecified atom stereocenters. The predicted octanol–water partition coefficient (Wildman–Crippen LogP) is 13.9. The zero-order valence-corrected chi connectivity index (χ0v) is 33.7. The largest absolute Gasteiger partial charge is 0.436 e. The SMILES string of the molecule is c1ccc(-c2ccc(-c3nc(-c4ccccc4)nc(-c4cccc(-c5ccc(-c6ccc(-c7ccc8c(ccc9oc%10nc%11cccnc%11nc%10c98)c7)cc6)cc5)c4)n3)cc2)cc1. The van der Waals surface area contributed by atoms with E-state index in [1.807, 2.05) is 54.6 Å². The fraction of sp³-hybridized carbons (Fsp3) is 0. The average Bonchev–Trinajstić information content (AvgIpc) is 3.74. The van der Waals surface area contributed by atoms with Crippen molar-refractivity contribution in [3.8, 4) is 78.7 Å². The number of aromatic nitrogens is 6. The van der Waals surface area contributed by atoms with Gasteiger partial charge in [-0.25, -0.2) is 29.9 Å². The van der Waals surface area contributed by atoms with Crippen molar-refractivity contribution in [3.63, 3.8) is 0 Å². The first-order chi connectivity index (χ1) is 31.2. The summed E-state index contributed by atoms with van der Waals surface area (Å²) in [4.78, 5) is 28.9. The van der Waals surface area contributed by atoms with E-state index in [1.165, 1.54) is 5.56 Å². The zero-order chi connectivity index (χ0) is 41.7. The van der Waals surface area contributed by atoms with Crippen molar-refractivity contribution in [2.45, 2.75) is 0 Å². The van der Waals surface area contributed by atoms with Crippen molar-refractivity contribution in [1.29, 1.82) is 0 Å². The molecule has 0 amide bonds. The van der Waals surface area contributed by atoms with Crippen molar-refractivity contribution in [3.05, 3.63) is 206 Å². The van der Waals surface area contributed by atoms with Gasteiger partial charge in [-0.15, -0.1) is 0 Å². The lowest BCUT2D eigenvalue weighted by Gasteiger charge is -2.11. The Bertz CT molecular complexity index is 3650. The number of fused-ring (bicyclic) bond motifs is 6. The van der Waals surface area contributed by atoms with E-state index in [4.69, 9.17) is 24.4 Å². The molecule has 7 heteroatoms. The highest BCUT2D eigenvalue weighted by Crippen LogP contribution is 2.37. The average molecular weight is 807 g/mol. The second kappa shape index (κ2) is 15.1. The maximum atomic E-state index is 6.13. The van der Waals surface area contributed by atoms with Gasteiger partial charge in [0.05, 0.1) is 5.39 Å². The van der Waals surface area contributed by atoms with E-state index in [2.05, 4.69) is 156 Å². The smallest absolute Gasteiger partial charge is 0.247 e. The second-order valence-corrected chi connectivity index (χ2v) is 15.6. The van der Waals surface area contributed by atoms with Crippen molar-refractivity contribution in [2.75, 3.05) is 0 Å². The molecule has 63 heavy (non-hydrogen) atoms. The van der Waals surface area contributed by atoms with Crippen molar-refractivity contribution < 1.29 is 4.42 Å². The first kappa shape index (κ1) is 36.2. The van der Waals surface area contributed by atoms with E-state index >= 15 is 0 Å². The van der Waals surface area contributed by atoms with Crippen LogP contribution in [0.4, 0.5) is 0 Å². The van der Waals surface area contributed by atoms with Gasteiger partial charge in [0, 0.05) is 22.9 Å². The summed E-state index contributed by atoms with van der Waals surface area (Å²) in [7, 11) is 0. The summed E-state index contributed by atoms with van der Waals surface area (Å²) in [5.74, 6) is 1.89. The van der Waals surface area contributed by atoms with E-state index in [-0.39, 0.29) is 0 Å². The van der Waals surface area contributed by atoms with E-state index in [1.54, 1.807) is 6.20 Å². The van der Waals surface area contributed by atoms with Crippen LogP contribution in [0.5, 0.6) is 0 Å². The van der Waals surface area contributed by atoms with Gasteiger partial charge < -0.3 is 4.42 Å². The van der Waals surface area contributed by atoms with Gasteiger partial charge >= 0.3 is 0 Å². The Morgan fingerprint density at radius 3 is 1.48 bits per heavy atom. The number of benzene rings is 8. The van der Waals surface area contributed by atoms with Gasteiger partial charge in [0.2, 0.25) is 5.71 Å². The molecule has 0 N–H and O–H groups in total. The summed E-state index contributed by atoms with van der Waals surface area (Å²) in [6.45, 7) is 0. The number of hydrogen-bond donors (Lipinski definition) is 0. The van der Waals surface area contributed by atoms with Crippen LogP contribution in [0.15, 0.2) is 211 Å². The molecule has 0 aliphatic heterocycles. The minimum absolute atomic E-state index is 0.521. The standard InChI is InChI=1S/C56H34N6O/c1-3-9-35(10-4-1)36-24-26-42(27-25-36)53-60-52(41-11-5-2-6-12-41)61-54(62-53)46-14-7-13-43(34-46)39-20-16-37(17-21-39)38-18-22-40(23-19-38)44-28-30-47-45(33-44)29-31-49-50(47)51-56(63-49)58-48-15-8-32-57-55(48)59-51/h1-34H. The van der Waals surface area contributed by atoms with Gasteiger partial charge in [-0.05, 0) is 85.6 Å². The number of rotatable bonds is 7. The van der Waals surface area contributed by atoms with Crippen LogP contribution in [0, 0.1) is 0 Å². The third kappa shape index (κ3) is 6.74. The molecule has 0 aliphatic rings. The monoisotopic (exact) mass is 806 g/mol. The lowest BCUT2D eigenvalue weighted by atomic mass is 9.96. The molecular formula is C56H34N6O. The minimum atomic E-state index is 0.521. The summed E-state index contributed by atoms with van der Waals surface area (Å²) >= 11 is 0. The number of nitrogens with zero attached hydrogens (tertiary/aromatic N) is 6. The van der Waals surface area contributed by atoms with Crippen LogP contribution in [-0.2, 0) is 0 Å². The van der Waals surface area contributed by atoms with Crippen LogP contribution < -0.4 is 0 Å². The third-order valence-corrected chi connectivity index (χ3v) is 11.6. The van der Waals surface area contributed by atoms with E-state index in [9.17, 15) is 0 Å². The molecule has 294 valence electrons. The minimum Gasteiger partial charge on any atom is -0.436 e. The van der Waals surface area contributed by atoms with Gasteiger partial charge in [-0.1, -0.05) is 170 Å². The maximum absolute atomic E-state index is 6.13. The molecule has 4 heterocycles. The fourth-order valence-corrected chi connectivity index (χ4v) is 8.38. The highest BCUT2D eigenvalue weighted by molar-refractivity contribution is 6.18. The summed E-state index contributed by atoms with van der Waals surface area (Å²) in [5, 5.41) is 3.13. The molecule has 4 aromatic heterocycles. The normalized spacial score (nSPS) is 11.5. The molecule has 0 spiro atoms. The molecule has 0 bridgehead atoms. The zero-order valence-electron chi connectivity index (χ0n) is 33.7. The van der Waals surface area contributed by atoms with Gasteiger partial charge in [0.25, 0.3) is 0 Å². The summed E-state index contributed by atoms with van der Waals surface area (Å²) < 4.78 is 6.13. The van der Waals surface area contributed by atoms with Crippen LogP contribution in [0.2, 0.25) is 0 Å². The Kier molecular flexibility index (Phi) is 8.67. The number of hydrogen-bond acceptors (Lipinski definition) is 7. The fourth-order valence-electron chi connectivity index (χ4n) is 8.38. The van der Waals surface area contributed by atoms with E-state index < -0.39 is 0 Å². The summed E-state index contributed by atoms with van der Waals surface area (Å²) in [5.41, 5.74) is 15.2. The molecule has 7 nitrogen and oxygen atoms in total. The molecule has 0 atom stereocenters. The van der Waals surface area contributed by atoms with Crippen molar-refractivity contribution in [2.24, 2.45) is 0 Å². The van der Waals surface area contributed by atoms with E-state index in [0.29, 0.717) is 34.4 Å². The van der Waals surface area contributed by atoms with Gasteiger partial charge in [0.1, 0.15) is 16.6 Å². The van der Waals surface area contributed by atoms with Gasteiger partial charge in [-0.2, -0.15) is 0 Å². The molecule has 0 radical (unpaired) electrons. The summed E-state index contributed by atoms with van der Waals surface area (Å²) in [6.07, 6.45) is 1.74. The second-order valence-electron chi connectivity index (χ2n) is 15.6. The lowest BCUT2D eigenvalue weighted by molar-refractivity contribution is 0.655. The molecule has 0 fully saturated rings. The maximum Gasteiger partial charge on any atom is 0.247 e. The highest BCUT2D eigenvalue weighted by Gasteiger charge is 2.16. The van der Waals surface area contributed by atoms with E-state index in [0.717, 1.165) is 82.9 Å². The Labute approximate surface area is 362 Å². The van der Waals surface area contributed by atoms with Crippen molar-refractivity contribution in [1.82, 2.24) is 29.9 Å². The first-order valence-corrected chi connectivity index (χ1v) is 20.8. The highest BCUT2D eigenvalue weighted by atomic mass is 16.3. The molecule has 12 rings (SSSR count). The topological polar surface area (TPSA) is 90.5 Å². The Balaban J connectivity index is 0.816. The van der Waals surface area contributed by atoms with Crippen LogP contribution >= 0.6 is 0 Å². The Morgan fingerprint density at radius 1 is 0.333 bits per heavy atom. The molecule has 0 saturated carbocycles. The number of furan rings is 1. The molecule has 12 aromatic rings. The van der Waals surface area contributed by atoms with Crippen LogP contribution in [-0.4, -0.2) is 29.9 Å². The summed E-state index contributed by atoms with van der Waals surface area (Å²) in [6, 6.07) is 69.2. The number of pyridine rings is 1. The first-order valence-electron chi connectivity index (χ1n) is 20.8. The lowest BCUT2D eigenvalue weighted by Crippen LogP contribution is -2.00. The molecule has 0 aliphatic carbocycles. The van der Waals surface area contributed by atoms with Crippen LogP contribution in [0.1, 0.15) is 0 Å². The Hall–Kier alpha value is -8.68. The van der Waals surface area contributed by atoms with Gasteiger partial charge in [-0.3, -0.25) is 0 Å². The van der Waals surface area contributed by atoms with Crippen molar-refractivity contribution >= 4 is 44.1 Å². The molecule has 8 aromatic carbocycles. The van der Waals surface area contributed by atoms with Gasteiger partial charge in [0.15, 0.2) is 23.1 Å². The van der Waals surface area contributed by atoms with Crippen LogP contribution in [0.3, 0.4) is 0 Å². The molecular weight excluding hydrogens is 773 g/mol.